The van der Waals surface area contributed by atoms with Crippen molar-refractivity contribution in [3.8, 4) is 0 Å². The lowest BCUT2D eigenvalue weighted by atomic mass is 10.1. The zero-order chi connectivity index (χ0) is 19.5. The number of carbonyl (C=O) groups is 1. The van der Waals surface area contributed by atoms with Crippen LogP contribution in [0.2, 0.25) is 10.0 Å². The molecule has 3 aromatic rings. The van der Waals surface area contributed by atoms with Gasteiger partial charge in [-0.05, 0) is 29.8 Å². The Morgan fingerprint density at radius 1 is 1.04 bits per heavy atom. The van der Waals surface area contributed by atoms with Gasteiger partial charge in [-0.2, -0.15) is 0 Å². The summed E-state index contributed by atoms with van der Waals surface area (Å²) in [6, 6.07) is 18.0. The number of nitrogens with one attached hydrogen (secondary N) is 1. The standard InChI is InChI=1S/C21H16Cl2N4O/c22-17-9-8-16(11-18(17)23)27-19(15-7-4-10-24-13-15)20(26-21(27)28)25-12-14-5-2-1-3-6-14/h1-11,13,19H,12H2,(H,25,26,28). The predicted molar refractivity (Wildman–Crippen MR) is 112 cm³/mol. The molecule has 0 saturated carbocycles. The van der Waals surface area contributed by atoms with Gasteiger partial charge in [-0.25, -0.2) is 4.79 Å². The number of amides is 2. The third-order valence-corrected chi connectivity index (χ3v) is 5.17. The van der Waals surface area contributed by atoms with Crippen LogP contribution in [-0.4, -0.2) is 16.9 Å². The molecule has 1 aliphatic rings. The SMILES string of the molecule is O=C1NC(=NCc2ccccc2)C(c2cccnc2)N1c1ccc(Cl)c(Cl)c1. The minimum absolute atomic E-state index is 0.279. The highest BCUT2D eigenvalue weighted by Crippen LogP contribution is 2.35. The second-order valence-electron chi connectivity index (χ2n) is 6.27. The van der Waals surface area contributed by atoms with Crippen molar-refractivity contribution in [3.63, 3.8) is 0 Å². The first-order valence-corrected chi connectivity index (χ1v) is 9.42. The molecule has 1 N–H and O–H groups in total. The third-order valence-electron chi connectivity index (χ3n) is 4.43. The summed E-state index contributed by atoms with van der Waals surface area (Å²) >= 11 is 12.2. The second kappa shape index (κ2) is 8.00. The van der Waals surface area contributed by atoms with Crippen LogP contribution in [-0.2, 0) is 6.54 Å². The van der Waals surface area contributed by atoms with Crippen molar-refractivity contribution >= 4 is 40.8 Å². The molecular formula is C21H16Cl2N4O. The van der Waals surface area contributed by atoms with Crippen molar-refractivity contribution in [2.24, 2.45) is 4.99 Å². The number of aromatic nitrogens is 1. The van der Waals surface area contributed by atoms with Crippen molar-refractivity contribution in [1.82, 2.24) is 10.3 Å². The van der Waals surface area contributed by atoms with Gasteiger partial charge in [0.25, 0.3) is 0 Å². The van der Waals surface area contributed by atoms with Gasteiger partial charge in [0.2, 0.25) is 0 Å². The summed E-state index contributed by atoms with van der Waals surface area (Å²) in [5.41, 5.74) is 2.53. The van der Waals surface area contributed by atoms with Gasteiger partial charge in [-0.15, -0.1) is 0 Å². The number of anilines is 1. The van der Waals surface area contributed by atoms with Gasteiger partial charge in [0.15, 0.2) is 0 Å². The van der Waals surface area contributed by atoms with E-state index in [4.69, 9.17) is 23.2 Å². The van der Waals surface area contributed by atoms with Gasteiger partial charge in [0.1, 0.15) is 11.9 Å². The number of pyridine rings is 1. The zero-order valence-corrected chi connectivity index (χ0v) is 16.2. The fraction of sp³-hybridized carbons (Fsp3) is 0.0952. The highest BCUT2D eigenvalue weighted by molar-refractivity contribution is 6.42. The molecule has 0 bridgehead atoms. The molecule has 7 heteroatoms. The summed E-state index contributed by atoms with van der Waals surface area (Å²) in [7, 11) is 0. The number of halogens is 2. The van der Waals surface area contributed by atoms with E-state index < -0.39 is 6.04 Å². The molecule has 1 unspecified atom stereocenters. The Morgan fingerprint density at radius 3 is 2.57 bits per heavy atom. The van der Waals surface area contributed by atoms with Crippen LogP contribution in [0.1, 0.15) is 17.2 Å². The minimum atomic E-state index is -0.429. The second-order valence-corrected chi connectivity index (χ2v) is 7.09. The van der Waals surface area contributed by atoms with Crippen molar-refractivity contribution in [2.45, 2.75) is 12.6 Å². The predicted octanol–water partition coefficient (Wildman–Crippen LogP) is 5.26. The van der Waals surface area contributed by atoms with Gasteiger partial charge in [0, 0.05) is 23.6 Å². The maximum atomic E-state index is 12.8. The number of carbonyl (C=O) groups excluding carboxylic acids is 1. The van der Waals surface area contributed by atoms with Gasteiger partial charge >= 0.3 is 6.03 Å². The minimum Gasteiger partial charge on any atom is -0.294 e. The van der Waals surface area contributed by atoms with Gasteiger partial charge in [-0.1, -0.05) is 59.6 Å². The Kier molecular flexibility index (Phi) is 5.28. The number of aliphatic imine (C=N–C) groups is 1. The Hall–Kier alpha value is -2.89. The fourth-order valence-corrected chi connectivity index (χ4v) is 3.40. The van der Waals surface area contributed by atoms with E-state index in [0.717, 1.165) is 11.1 Å². The zero-order valence-electron chi connectivity index (χ0n) is 14.7. The highest BCUT2D eigenvalue weighted by Gasteiger charge is 2.39. The quantitative estimate of drug-likeness (QED) is 0.637. The Balaban J connectivity index is 1.75. The molecule has 1 atom stereocenters. The van der Waals surface area contributed by atoms with E-state index in [1.54, 1.807) is 35.5 Å². The van der Waals surface area contributed by atoms with E-state index in [2.05, 4.69) is 15.3 Å². The van der Waals surface area contributed by atoms with E-state index in [0.29, 0.717) is 28.1 Å². The lowest BCUT2D eigenvalue weighted by Gasteiger charge is -2.23. The summed E-state index contributed by atoms with van der Waals surface area (Å²) in [4.78, 5) is 23.3. The number of nitrogens with zero attached hydrogens (tertiary/aromatic N) is 3. The smallest absolute Gasteiger partial charge is 0.294 e. The number of amidine groups is 1. The number of urea groups is 1. The third kappa shape index (κ3) is 3.72. The maximum Gasteiger partial charge on any atom is 0.328 e. The summed E-state index contributed by atoms with van der Waals surface area (Å²) in [5.74, 6) is 0.563. The van der Waals surface area contributed by atoms with Crippen molar-refractivity contribution in [1.29, 1.82) is 0 Å². The van der Waals surface area contributed by atoms with E-state index in [-0.39, 0.29) is 6.03 Å². The van der Waals surface area contributed by atoms with Crippen LogP contribution in [0.15, 0.2) is 78.0 Å². The maximum absolute atomic E-state index is 12.8. The lowest BCUT2D eigenvalue weighted by Crippen LogP contribution is -2.29. The van der Waals surface area contributed by atoms with Gasteiger partial charge in [-0.3, -0.25) is 20.2 Å². The lowest BCUT2D eigenvalue weighted by molar-refractivity contribution is 0.252. The molecule has 1 fully saturated rings. The highest BCUT2D eigenvalue weighted by atomic mass is 35.5. The number of benzene rings is 2. The summed E-state index contributed by atoms with van der Waals surface area (Å²) in [5, 5.41) is 3.70. The van der Waals surface area contributed by atoms with E-state index in [1.807, 2.05) is 42.5 Å². The van der Waals surface area contributed by atoms with Crippen molar-refractivity contribution < 1.29 is 4.79 Å². The fourth-order valence-electron chi connectivity index (χ4n) is 3.11. The number of rotatable bonds is 4. The molecule has 2 amide bonds. The normalized spacial score (nSPS) is 17.8. The Morgan fingerprint density at radius 2 is 1.86 bits per heavy atom. The van der Waals surface area contributed by atoms with Crippen LogP contribution in [0.3, 0.4) is 0 Å². The molecule has 140 valence electrons. The largest absolute Gasteiger partial charge is 0.328 e. The van der Waals surface area contributed by atoms with Crippen LogP contribution < -0.4 is 10.2 Å². The molecular weight excluding hydrogens is 395 g/mol. The molecule has 4 rings (SSSR count). The molecule has 0 spiro atoms. The van der Waals surface area contributed by atoms with Crippen LogP contribution in [0.4, 0.5) is 10.5 Å². The molecule has 2 aromatic carbocycles. The molecule has 1 aliphatic heterocycles. The summed E-state index contributed by atoms with van der Waals surface area (Å²) < 4.78 is 0. The molecule has 5 nitrogen and oxygen atoms in total. The average molecular weight is 411 g/mol. The molecule has 1 aromatic heterocycles. The molecule has 1 saturated heterocycles. The monoisotopic (exact) mass is 410 g/mol. The van der Waals surface area contributed by atoms with Crippen LogP contribution in [0.5, 0.6) is 0 Å². The van der Waals surface area contributed by atoms with Crippen LogP contribution >= 0.6 is 23.2 Å². The first-order chi connectivity index (χ1) is 13.6. The average Bonchev–Trinajstić information content (AvgIpc) is 3.06. The summed E-state index contributed by atoms with van der Waals surface area (Å²) in [6.45, 7) is 0.461. The molecule has 28 heavy (non-hydrogen) atoms. The molecule has 2 heterocycles. The van der Waals surface area contributed by atoms with Gasteiger partial charge < -0.3 is 0 Å². The summed E-state index contributed by atoms with van der Waals surface area (Å²) in [6.07, 6.45) is 3.42. The van der Waals surface area contributed by atoms with Crippen molar-refractivity contribution in [3.05, 3.63) is 94.2 Å². The van der Waals surface area contributed by atoms with E-state index in [9.17, 15) is 4.79 Å². The topological polar surface area (TPSA) is 57.6 Å². The number of hydrogen-bond acceptors (Lipinski definition) is 3. The van der Waals surface area contributed by atoms with Crippen LogP contribution in [0.25, 0.3) is 0 Å². The Labute approximate surface area is 172 Å². The number of hydrogen-bond donors (Lipinski definition) is 1. The molecule has 0 radical (unpaired) electrons. The molecule has 0 aliphatic carbocycles. The van der Waals surface area contributed by atoms with Gasteiger partial charge in [0.05, 0.1) is 16.6 Å². The van der Waals surface area contributed by atoms with Crippen molar-refractivity contribution in [2.75, 3.05) is 4.90 Å². The Bertz CT molecular complexity index is 1030. The first-order valence-electron chi connectivity index (χ1n) is 8.67. The van der Waals surface area contributed by atoms with E-state index >= 15 is 0 Å². The van der Waals surface area contributed by atoms with E-state index in [1.165, 1.54) is 0 Å². The van der Waals surface area contributed by atoms with Crippen LogP contribution in [0, 0.1) is 0 Å². The first kappa shape index (κ1) is 18.5.